The van der Waals surface area contributed by atoms with Gasteiger partial charge in [0.15, 0.2) is 0 Å². The van der Waals surface area contributed by atoms with E-state index in [9.17, 15) is 0 Å². The highest BCUT2D eigenvalue weighted by molar-refractivity contribution is 7.00. The van der Waals surface area contributed by atoms with Crippen LogP contribution in [0.2, 0.25) is 0 Å². The Balaban J connectivity index is 0.976. The fourth-order valence-electron chi connectivity index (χ4n) is 16.8. The molecule has 0 amide bonds. The average Bonchev–Trinajstić information content (AvgIpc) is 1.64. The first-order valence-corrected chi connectivity index (χ1v) is 31.6. The SMILES string of the molecule is c1ccc(N(c2cc3c4c(c2)N(c2ccccc2)c2c(ccc5oc6ccccc6c25)B4c2ccc4c(c2N3c2ccccc2)-c2ccccc2C4(c2ccccc2)c2ccccc2)c2cccc3c2-c2ccccc2C3(c2ccccc2)c2ccccc2)cc1. The van der Waals surface area contributed by atoms with Crippen LogP contribution in [0.5, 0.6) is 0 Å². The van der Waals surface area contributed by atoms with Crippen LogP contribution in [-0.4, -0.2) is 6.71 Å². The highest BCUT2D eigenvalue weighted by Gasteiger charge is 2.53. The number of furan rings is 1. The third-order valence-electron chi connectivity index (χ3n) is 20.1. The minimum Gasteiger partial charge on any atom is -0.456 e. The summed E-state index contributed by atoms with van der Waals surface area (Å²) in [7, 11) is 0. The minimum atomic E-state index is -0.640. The summed E-state index contributed by atoms with van der Waals surface area (Å²) in [4.78, 5) is 7.76. The first-order chi connectivity index (χ1) is 45.2. The molecule has 2 aliphatic carbocycles. The van der Waals surface area contributed by atoms with Crippen molar-refractivity contribution in [3.05, 3.63) is 384 Å². The molecule has 0 saturated carbocycles. The fourth-order valence-corrected chi connectivity index (χ4v) is 16.8. The molecule has 5 heteroatoms. The zero-order valence-electron chi connectivity index (χ0n) is 49.7. The number of rotatable bonds is 9. The van der Waals surface area contributed by atoms with Crippen molar-refractivity contribution in [3.63, 3.8) is 0 Å². The number of nitrogens with zero attached hydrogens (tertiary/aromatic N) is 3. The molecule has 424 valence electrons. The van der Waals surface area contributed by atoms with Crippen LogP contribution >= 0.6 is 0 Å². The van der Waals surface area contributed by atoms with Crippen molar-refractivity contribution in [2.75, 3.05) is 14.7 Å². The topological polar surface area (TPSA) is 22.9 Å². The molecule has 0 unspecified atom stereocenters. The normalized spacial score (nSPS) is 14.0. The van der Waals surface area contributed by atoms with Gasteiger partial charge in [0.2, 0.25) is 0 Å². The maximum atomic E-state index is 6.93. The van der Waals surface area contributed by atoms with Gasteiger partial charge >= 0.3 is 0 Å². The first kappa shape index (κ1) is 51.4. The number of anilines is 9. The number of hydrogen-bond donors (Lipinski definition) is 0. The van der Waals surface area contributed by atoms with Crippen LogP contribution < -0.4 is 31.1 Å². The van der Waals surface area contributed by atoms with Crippen LogP contribution in [0.1, 0.15) is 44.5 Å². The molecule has 0 N–H and O–H groups in total. The summed E-state index contributed by atoms with van der Waals surface area (Å²) in [6, 6.07) is 127. The number of benzene rings is 14. The summed E-state index contributed by atoms with van der Waals surface area (Å²) in [5.74, 6) is 0. The third-order valence-corrected chi connectivity index (χ3v) is 20.1. The molecular formula is C86H56BN3O. The van der Waals surface area contributed by atoms with Gasteiger partial charge in [-0.1, -0.05) is 273 Å². The second-order valence-corrected chi connectivity index (χ2v) is 24.5. The molecule has 0 fully saturated rings. The monoisotopic (exact) mass is 1160 g/mol. The van der Waals surface area contributed by atoms with E-state index >= 15 is 0 Å². The Morgan fingerprint density at radius 3 is 1.31 bits per heavy atom. The van der Waals surface area contributed by atoms with Crippen LogP contribution in [0.4, 0.5) is 51.2 Å². The average molecular weight is 1160 g/mol. The van der Waals surface area contributed by atoms with Gasteiger partial charge < -0.3 is 19.1 Å². The van der Waals surface area contributed by atoms with E-state index < -0.39 is 10.8 Å². The van der Waals surface area contributed by atoms with Gasteiger partial charge in [-0.25, -0.2) is 0 Å². The van der Waals surface area contributed by atoms with Gasteiger partial charge in [-0.3, -0.25) is 0 Å². The van der Waals surface area contributed by atoms with Crippen molar-refractivity contribution in [2.24, 2.45) is 0 Å². The van der Waals surface area contributed by atoms with E-state index in [0.29, 0.717) is 0 Å². The van der Waals surface area contributed by atoms with Crippen molar-refractivity contribution in [1.82, 2.24) is 0 Å². The van der Waals surface area contributed by atoms with Gasteiger partial charge in [0.1, 0.15) is 11.2 Å². The maximum absolute atomic E-state index is 6.93. The molecule has 0 spiro atoms. The van der Waals surface area contributed by atoms with Crippen molar-refractivity contribution >= 4 is 96.2 Å². The molecule has 4 aliphatic rings. The van der Waals surface area contributed by atoms with Crippen LogP contribution in [-0.2, 0) is 10.8 Å². The van der Waals surface area contributed by atoms with E-state index in [-0.39, 0.29) is 6.71 Å². The minimum absolute atomic E-state index is 0.224. The summed E-state index contributed by atoms with van der Waals surface area (Å²) in [5, 5.41) is 2.18. The summed E-state index contributed by atoms with van der Waals surface area (Å²) >= 11 is 0. The van der Waals surface area contributed by atoms with E-state index in [4.69, 9.17) is 4.42 Å². The molecule has 0 radical (unpaired) electrons. The molecule has 1 aromatic heterocycles. The Morgan fingerprint density at radius 1 is 0.319 bits per heavy atom. The van der Waals surface area contributed by atoms with Crippen LogP contribution in [0, 0.1) is 0 Å². The molecule has 0 bridgehead atoms. The van der Waals surface area contributed by atoms with Crippen molar-refractivity contribution in [1.29, 1.82) is 0 Å². The lowest BCUT2D eigenvalue weighted by Gasteiger charge is -2.46. The summed E-state index contributed by atoms with van der Waals surface area (Å²) in [6.07, 6.45) is 0. The van der Waals surface area contributed by atoms with Gasteiger partial charge in [0.25, 0.3) is 6.71 Å². The predicted molar refractivity (Wildman–Crippen MR) is 377 cm³/mol. The van der Waals surface area contributed by atoms with Crippen LogP contribution in [0.25, 0.3) is 44.2 Å². The smallest absolute Gasteiger partial charge is 0.252 e. The molecule has 4 nitrogen and oxygen atoms in total. The van der Waals surface area contributed by atoms with Crippen molar-refractivity contribution in [3.8, 4) is 22.3 Å². The lowest BCUT2D eigenvalue weighted by Crippen LogP contribution is -2.61. The molecule has 3 heterocycles. The van der Waals surface area contributed by atoms with Crippen molar-refractivity contribution < 1.29 is 4.42 Å². The first-order valence-electron chi connectivity index (χ1n) is 31.6. The molecule has 91 heavy (non-hydrogen) atoms. The van der Waals surface area contributed by atoms with Gasteiger partial charge in [-0.2, -0.15) is 0 Å². The molecule has 15 aromatic rings. The van der Waals surface area contributed by atoms with Gasteiger partial charge in [-0.15, -0.1) is 0 Å². The highest BCUT2D eigenvalue weighted by Crippen LogP contribution is 2.63. The third kappa shape index (κ3) is 7.11. The Bertz CT molecular complexity index is 5290. The molecule has 2 aliphatic heterocycles. The second kappa shape index (κ2) is 19.9. The van der Waals surface area contributed by atoms with E-state index in [2.05, 4.69) is 354 Å². The van der Waals surface area contributed by atoms with Crippen LogP contribution in [0.3, 0.4) is 0 Å². The number of fused-ring (bicyclic) bond motifs is 15. The van der Waals surface area contributed by atoms with Crippen molar-refractivity contribution in [2.45, 2.75) is 10.8 Å². The van der Waals surface area contributed by atoms with E-state index in [1.807, 2.05) is 0 Å². The Hall–Kier alpha value is -11.7. The van der Waals surface area contributed by atoms with E-state index in [0.717, 1.165) is 67.4 Å². The van der Waals surface area contributed by atoms with Crippen LogP contribution in [0.15, 0.2) is 344 Å². The number of hydrogen-bond acceptors (Lipinski definition) is 4. The Kier molecular flexibility index (Phi) is 11.3. The quantitative estimate of drug-likeness (QED) is 0.134. The lowest BCUT2D eigenvalue weighted by atomic mass is 9.33. The van der Waals surface area contributed by atoms with Gasteiger partial charge in [0, 0.05) is 50.6 Å². The zero-order chi connectivity index (χ0) is 59.8. The summed E-state index contributed by atoms with van der Waals surface area (Å²) in [6.45, 7) is -0.224. The summed E-state index contributed by atoms with van der Waals surface area (Å²) < 4.78 is 6.93. The van der Waals surface area contributed by atoms with Gasteiger partial charge in [-0.05, 0) is 139 Å². The standard InChI is InChI=1S/C86H56BN3O/c1-8-29-57(30-9-1)85(58-31-10-2-11-32-58)68-46-25-22-43-65(68)79-70(85)48-28-49-74(79)88(61-37-16-5-17-38-61)64-55-75-82-76(56-64)90(63-41-20-7-21-42-63)84-73(53-54-78-81(84)67-45-24-27-50-77(67)91-78)87(82)72-52-51-71-80(83(72)89(75)62-39-18-6-19-40-62)66-44-23-26-47-69(66)86(71,59-33-12-3-13-34-59)60-35-14-4-15-36-60/h1-56H. The molecule has 0 saturated heterocycles. The molecule has 0 atom stereocenters. The lowest BCUT2D eigenvalue weighted by molar-refractivity contribution is 0.669. The number of para-hydroxylation sites is 4. The summed E-state index contributed by atoms with van der Waals surface area (Å²) in [5.41, 5.74) is 28.8. The largest absolute Gasteiger partial charge is 0.456 e. The second-order valence-electron chi connectivity index (χ2n) is 24.5. The molecule has 14 aromatic carbocycles. The van der Waals surface area contributed by atoms with E-state index in [1.54, 1.807) is 0 Å². The Labute approximate surface area is 529 Å². The Morgan fingerprint density at radius 2 is 0.747 bits per heavy atom. The highest BCUT2D eigenvalue weighted by atomic mass is 16.3. The maximum Gasteiger partial charge on any atom is 0.252 e. The van der Waals surface area contributed by atoms with E-state index in [1.165, 1.54) is 88.8 Å². The molecular weight excluding hydrogens is 1100 g/mol. The van der Waals surface area contributed by atoms with Gasteiger partial charge in [0.05, 0.1) is 33.3 Å². The predicted octanol–water partition coefficient (Wildman–Crippen LogP) is 19.9. The molecule has 19 rings (SSSR count). The zero-order valence-corrected chi connectivity index (χ0v) is 49.7. The fraction of sp³-hybridized carbons (Fsp3) is 0.0233.